The molecule has 1 atom stereocenters. The summed E-state index contributed by atoms with van der Waals surface area (Å²) >= 11 is 0. The maximum Gasteiger partial charge on any atom is 0.230 e. The highest BCUT2D eigenvalue weighted by atomic mass is 16.3. The minimum atomic E-state index is -0.0322. The third-order valence-corrected chi connectivity index (χ3v) is 3.51. The van der Waals surface area contributed by atoms with Crippen LogP contribution in [-0.4, -0.2) is 65.4 Å². The van der Waals surface area contributed by atoms with Crippen molar-refractivity contribution in [1.82, 2.24) is 9.80 Å². The monoisotopic (exact) mass is 256 g/mol. The fourth-order valence-electron chi connectivity index (χ4n) is 2.34. The zero-order valence-electron chi connectivity index (χ0n) is 11.4. The topological polar surface area (TPSA) is 60.9 Å². The molecule has 0 spiro atoms. The summed E-state index contributed by atoms with van der Waals surface area (Å²) in [5.74, 6) is -0.00230. The van der Waals surface area contributed by atoms with Crippen LogP contribution >= 0.6 is 0 Å². The number of amides is 1. The second-order valence-electron chi connectivity index (χ2n) is 4.89. The molecule has 0 aromatic rings. The van der Waals surface area contributed by atoms with Crippen molar-refractivity contribution in [2.75, 3.05) is 32.8 Å². The van der Waals surface area contributed by atoms with Crippen LogP contribution in [-0.2, 0) is 9.59 Å². The van der Waals surface area contributed by atoms with E-state index in [0.29, 0.717) is 6.54 Å². The van der Waals surface area contributed by atoms with Crippen LogP contribution in [0, 0.1) is 0 Å². The number of aliphatic hydroxyl groups excluding tert-OH is 1. The van der Waals surface area contributed by atoms with E-state index in [2.05, 4.69) is 11.8 Å². The van der Waals surface area contributed by atoms with E-state index in [0.717, 1.165) is 25.9 Å². The summed E-state index contributed by atoms with van der Waals surface area (Å²) in [5.41, 5.74) is 0. The SMILES string of the molecule is CCN(CCO)CCCC(C)N1CC(=O)CC1=O. The number of aliphatic hydroxyl groups is 1. The lowest BCUT2D eigenvalue weighted by Crippen LogP contribution is -2.35. The molecule has 0 aromatic carbocycles. The average Bonchev–Trinajstić information content (AvgIpc) is 2.67. The van der Waals surface area contributed by atoms with Crippen LogP contribution < -0.4 is 0 Å². The van der Waals surface area contributed by atoms with Gasteiger partial charge in [-0.25, -0.2) is 0 Å². The molecule has 104 valence electrons. The van der Waals surface area contributed by atoms with E-state index in [1.54, 1.807) is 4.90 Å². The summed E-state index contributed by atoms with van der Waals surface area (Å²) in [6.45, 7) is 7.09. The number of carbonyl (C=O) groups is 2. The van der Waals surface area contributed by atoms with Gasteiger partial charge in [0.2, 0.25) is 5.91 Å². The fraction of sp³-hybridized carbons (Fsp3) is 0.846. The molecular weight excluding hydrogens is 232 g/mol. The maximum atomic E-state index is 11.5. The van der Waals surface area contributed by atoms with Gasteiger partial charge in [-0.05, 0) is 32.9 Å². The van der Waals surface area contributed by atoms with E-state index < -0.39 is 0 Å². The summed E-state index contributed by atoms with van der Waals surface area (Å²) in [6.07, 6.45) is 1.96. The Morgan fingerprint density at radius 1 is 1.39 bits per heavy atom. The predicted molar refractivity (Wildman–Crippen MR) is 69.2 cm³/mol. The summed E-state index contributed by atoms with van der Waals surface area (Å²) in [4.78, 5) is 26.6. The van der Waals surface area contributed by atoms with Gasteiger partial charge < -0.3 is 14.9 Å². The van der Waals surface area contributed by atoms with Crippen LogP contribution in [0.25, 0.3) is 0 Å². The largest absolute Gasteiger partial charge is 0.395 e. The lowest BCUT2D eigenvalue weighted by molar-refractivity contribution is -0.129. The first-order chi connectivity index (χ1) is 8.58. The number of likely N-dealkylation sites (N-methyl/N-ethyl adjacent to an activating group) is 1. The normalized spacial score (nSPS) is 17.9. The molecule has 18 heavy (non-hydrogen) atoms. The fourth-order valence-corrected chi connectivity index (χ4v) is 2.34. The number of carbonyl (C=O) groups excluding carboxylic acids is 2. The highest BCUT2D eigenvalue weighted by Crippen LogP contribution is 2.14. The number of hydrogen-bond acceptors (Lipinski definition) is 4. The van der Waals surface area contributed by atoms with Crippen LogP contribution in [0.15, 0.2) is 0 Å². The van der Waals surface area contributed by atoms with Gasteiger partial charge in [-0.2, -0.15) is 0 Å². The summed E-state index contributed by atoms with van der Waals surface area (Å²) in [5, 5.41) is 8.88. The predicted octanol–water partition coefficient (Wildman–Crippen LogP) is 0.271. The Kier molecular flexibility index (Phi) is 6.29. The Morgan fingerprint density at radius 3 is 2.61 bits per heavy atom. The number of ketones is 1. The average molecular weight is 256 g/mol. The van der Waals surface area contributed by atoms with Gasteiger partial charge in [-0.15, -0.1) is 0 Å². The van der Waals surface area contributed by atoms with Gasteiger partial charge in [0, 0.05) is 12.6 Å². The Bertz CT molecular complexity index is 294. The number of hydrogen-bond donors (Lipinski definition) is 1. The molecule has 1 amide bonds. The van der Waals surface area contributed by atoms with Crippen molar-refractivity contribution in [3.8, 4) is 0 Å². The second kappa shape index (κ2) is 7.48. The zero-order valence-corrected chi connectivity index (χ0v) is 11.4. The van der Waals surface area contributed by atoms with Gasteiger partial charge in [-0.1, -0.05) is 6.92 Å². The molecule has 0 aromatic heterocycles. The molecule has 0 radical (unpaired) electrons. The van der Waals surface area contributed by atoms with Crippen molar-refractivity contribution in [2.24, 2.45) is 0 Å². The lowest BCUT2D eigenvalue weighted by atomic mass is 10.1. The van der Waals surface area contributed by atoms with Crippen LogP contribution in [0.5, 0.6) is 0 Å². The second-order valence-corrected chi connectivity index (χ2v) is 4.89. The highest BCUT2D eigenvalue weighted by Gasteiger charge is 2.30. The molecule has 1 aliphatic rings. The quantitative estimate of drug-likeness (QED) is 0.633. The molecule has 0 saturated carbocycles. The molecular formula is C13H24N2O3. The van der Waals surface area contributed by atoms with Crippen LogP contribution in [0.3, 0.4) is 0 Å². The number of likely N-dealkylation sites (tertiary alicyclic amines) is 1. The van der Waals surface area contributed by atoms with Crippen molar-refractivity contribution in [3.05, 3.63) is 0 Å². The van der Waals surface area contributed by atoms with Crippen LogP contribution in [0.2, 0.25) is 0 Å². The smallest absolute Gasteiger partial charge is 0.230 e. The van der Waals surface area contributed by atoms with Crippen molar-refractivity contribution in [1.29, 1.82) is 0 Å². The summed E-state index contributed by atoms with van der Waals surface area (Å²) < 4.78 is 0. The number of nitrogens with zero attached hydrogens (tertiary/aromatic N) is 2. The summed E-state index contributed by atoms with van der Waals surface area (Å²) in [6, 6.07) is 0.136. The third-order valence-electron chi connectivity index (χ3n) is 3.51. The van der Waals surface area contributed by atoms with E-state index in [-0.39, 0.29) is 37.3 Å². The van der Waals surface area contributed by atoms with Crippen molar-refractivity contribution in [3.63, 3.8) is 0 Å². The maximum absolute atomic E-state index is 11.5. The van der Waals surface area contributed by atoms with Gasteiger partial charge in [0.25, 0.3) is 0 Å². The molecule has 1 N–H and O–H groups in total. The Hall–Kier alpha value is -0.940. The molecule has 1 heterocycles. The molecule has 5 heteroatoms. The highest BCUT2D eigenvalue weighted by molar-refractivity contribution is 6.05. The molecule has 5 nitrogen and oxygen atoms in total. The first-order valence-corrected chi connectivity index (χ1v) is 6.72. The van der Waals surface area contributed by atoms with Gasteiger partial charge in [0.1, 0.15) is 0 Å². The summed E-state index contributed by atoms with van der Waals surface area (Å²) in [7, 11) is 0. The Balaban J connectivity index is 2.26. The van der Waals surface area contributed by atoms with Crippen molar-refractivity contribution >= 4 is 11.7 Å². The van der Waals surface area contributed by atoms with Crippen molar-refractivity contribution in [2.45, 2.75) is 39.2 Å². The molecule has 1 aliphatic heterocycles. The lowest BCUT2D eigenvalue weighted by Gasteiger charge is -2.25. The molecule has 0 aliphatic carbocycles. The number of rotatable bonds is 8. The molecule has 0 bridgehead atoms. The minimum Gasteiger partial charge on any atom is -0.395 e. The standard InChI is InChI=1S/C13H24N2O3/c1-3-14(7-8-16)6-4-5-11(2)15-10-12(17)9-13(15)18/h11,16H,3-10H2,1-2H3. The van der Waals surface area contributed by atoms with Gasteiger partial charge >= 0.3 is 0 Å². The van der Waals surface area contributed by atoms with E-state index in [1.165, 1.54) is 0 Å². The molecule has 1 fully saturated rings. The van der Waals surface area contributed by atoms with Gasteiger partial charge in [-0.3, -0.25) is 9.59 Å². The molecule has 1 saturated heterocycles. The van der Waals surface area contributed by atoms with E-state index in [1.807, 2.05) is 6.92 Å². The molecule has 1 rings (SSSR count). The Morgan fingerprint density at radius 2 is 2.11 bits per heavy atom. The van der Waals surface area contributed by atoms with Crippen LogP contribution in [0.1, 0.15) is 33.1 Å². The number of Topliss-reactive ketones (excluding diaryl/α,β-unsaturated/α-hetero) is 1. The van der Waals surface area contributed by atoms with Gasteiger partial charge in [0.05, 0.1) is 19.6 Å². The van der Waals surface area contributed by atoms with Crippen LogP contribution in [0.4, 0.5) is 0 Å². The van der Waals surface area contributed by atoms with Crippen molar-refractivity contribution < 1.29 is 14.7 Å². The van der Waals surface area contributed by atoms with E-state index in [9.17, 15) is 9.59 Å². The van der Waals surface area contributed by atoms with Gasteiger partial charge in [0.15, 0.2) is 5.78 Å². The third kappa shape index (κ3) is 4.38. The van der Waals surface area contributed by atoms with E-state index in [4.69, 9.17) is 5.11 Å². The Labute approximate surface area is 109 Å². The van der Waals surface area contributed by atoms with E-state index >= 15 is 0 Å². The first kappa shape index (κ1) is 15.1. The first-order valence-electron chi connectivity index (χ1n) is 6.72. The zero-order chi connectivity index (χ0) is 13.5. The molecule has 1 unspecified atom stereocenters. The minimum absolute atomic E-state index is 0.0299.